The standard InChI is InChI=1S/2C12H12N2.C12H11N2.Os/c2*1-9-3-5-13-11(7-9)12-8-10(2)4-6-14-12;13-9-10-4-3-5-11(8-10)12-6-1-2-7-14-12;/h2*3-8H,1-2H3;1-4,6-8H,9,13H2;/q;;-1;+1. The van der Waals surface area contributed by atoms with Crippen molar-refractivity contribution in [2.24, 2.45) is 5.73 Å². The quantitative estimate of drug-likeness (QED) is 0.188. The number of benzene rings is 1. The van der Waals surface area contributed by atoms with Crippen molar-refractivity contribution < 1.29 is 19.8 Å². The molecule has 5 aromatic heterocycles. The van der Waals surface area contributed by atoms with Gasteiger partial charge in [-0.1, -0.05) is 12.1 Å². The summed E-state index contributed by atoms with van der Waals surface area (Å²) in [7, 11) is 0. The van der Waals surface area contributed by atoms with E-state index in [4.69, 9.17) is 5.73 Å². The third-order valence-corrected chi connectivity index (χ3v) is 6.23. The van der Waals surface area contributed by atoms with E-state index in [1.165, 1.54) is 22.3 Å². The second-order valence-corrected chi connectivity index (χ2v) is 9.90. The maximum Gasteiger partial charge on any atom is 1.00 e. The van der Waals surface area contributed by atoms with Crippen LogP contribution >= 0.6 is 0 Å². The van der Waals surface area contributed by atoms with Crippen molar-refractivity contribution in [2.45, 2.75) is 34.2 Å². The largest absolute Gasteiger partial charge is 1.00 e. The fourth-order valence-corrected chi connectivity index (χ4v) is 4.02. The molecule has 0 saturated carbocycles. The number of nitrogens with two attached hydrogens (primary N) is 1. The average molecular weight is 742 g/mol. The fraction of sp³-hybridized carbons (Fsp3) is 0.139. The second-order valence-electron chi connectivity index (χ2n) is 9.90. The molecule has 0 saturated heterocycles. The molecule has 6 nitrogen and oxygen atoms in total. The summed E-state index contributed by atoms with van der Waals surface area (Å²) in [6.45, 7) is 8.78. The predicted molar refractivity (Wildman–Crippen MR) is 170 cm³/mol. The van der Waals surface area contributed by atoms with E-state index in [2.05, 4.69) is 58.7 Å². The van der Waals surface area contributed by atoms with Crippen molar-refractivity contribution in [3.8, 4) is 34.0 Å². The maximum absolute atomic E-state index is 5.56. The van der Waals surface area contributed by atoms with Crippen LogP contribution in [0.2, 0.25) is 0 Å². The minimum atomic E-state index is 0. The van der Waals surface area contributed by atoms with Crippen LogP contribution < -0.4 is 5.73 Å². The van der Waals surface area contributed by atoms with Crippen LogP contribution in [0.5, 0.6) is 0 Å². The summed E-state index contributed by atoms with van der Waals surface area (Å²) in [5.41, 5.74) is 17.2. The van der Waals surface area contributed by atoms with Gasteiger partial charge in [-0.3, -0.25) is 19.9 Å². The Balaban J connectivity index is 0.000000175. The summed E-state index contributed by atoms with van der Waals surface area (Å²) in [6.07, 6.45) is 9.03. The van der Waals surface area contributed by atoms with E-state index in [1.54, 1.807) is 6.20 Å². The molecule has 0 aliphatic heterocycles. The van der Waals surface area contributed by atoms with Crippen LogP contribution in [-0.2, 0) is 26.3 Å². The van der Waals surface area contributed by atoms with Crippen LogP contribution in [0, 0.1) is 33.8 Å². The molecule has 43 heavy (non-hydrogen) atoms. The molecular formula is C36H35N6Os. The van der Waals surface area contributed by atoms with E-state index < -0.39 is 0 Å². The molecule has 7 heteroatoms. The van der Waals surface area contributed by atoms with Gasteiger partial charge in [0, 0.05) is 37.5 Å². The molecule has 1 radical (unpaired) electrons. The number of hydrogen-bond acceptors (Lipinski definition) is 6. The third-order valence-electron chi connectivity index (χ3n) is 6.23. The van der Waals surface area contributed by atoms with Crippen molar-refractivity contribution >= 4 is 0 Å². The monoisotopic (exact) mass is 743 g/mol. The van der Waals surface area contributed by atoms with Gasteiger partial charge in [0.25, 0.3) is 0 Å². The summed E-state index contributed by atoms with van der Waals surface area (Å²) in [6, 6.07) is 30.9. The van der Waals surface area contributed by atoms with Crippen LogP contribution in [0.1, 0.15) is 27.8 Å². The van der Waals surface area contributed by atoms with Gasteiger partial charge in [-0.05, 0) is 110 Å². The molecular weight excluding hydrogens is 707 g/mol. The van der Waals surface area contributed by atoms with E-state index in [0.29, 0.717) is 6.54 Å². The van der Waals surface area contributed by atoms with Crippen LogP contribution in [0.15, 0.2) is 116 Å². The van der Waals surface area contributed by atoms with E-state index in [-0.39, 0.29) is 19.8 Å². The van der Waals surface area contributed by atoms with Gasteiger partial charge < -0.3 is 10.7 Å². The molecule has 217 valence electrons. The van der Waals surface area contributed by atoms with Crippen LogP contribution in [0.25, 0.3) is 34.0 Å². The van der Waals surface area contributed by atoms with E-state index in [9.17, 15) is 0 Å². The van der Waals surface area contributed by atoms with Crippen molar-refractivity contribution in [3.05, 3.63) is 150 Å². The van der Waals surface area contributed by atoms with E-state index in [0.717, 1.165) is 39.6 Å². The van der Waals surface area contributed by atoms with Gasteiger partial charge in [-0.15, -0.1) is 35.4 Å². The van der Waals surface area contributed by atoms with Gasteiger partial charge in [0.05, 0.1) is 22.8 Å². The number of aromatic nitrogens is 5. The normalized spacial score (nSPS) is 9.88. The van der Waals surface area contributed by atoms with Crippen molar-refractivity contribution in [1.82, 2.24) is 24.9 Å². The molecule has 6 aromatic rings. The average Bonchev–Trinajstić information content (AvgIpc) is 3.02. The van der Waals surface area contributed by atoms with Crippen LogP contribution in [-0.4, -0.2) is 24.9 Å². The van der Waals surface area contributed by atoms with Gasteiger partial charge in [-0.2, -0.15) is 0 Å². The van der Waals surface area contributed by atoms with E-state index >= 15 is 0 Å². The number of aryl methyl sites for hydroxylation is 4. The molecule has 0 bridgehead atoms. The van der Waals surface area contributed by atoms with Crippen molar-refractivity contribution in [2.75, 3.05) is 0 Å². The first-order chi connectivity index (χ1) is 20.4. The van der Waals surface area contributed by atoms with Crippen LogP contribution in [0.3, 0.4) is 0 Å². The molecule has 0 aliphatic carbocycles. The van der Waals surface area contributed by atoms with Gasteiger partial charge in [0.15, 0.2) is 0 Å². The molecule has 0 atom stereocenters. The molecule has 0 amide bonds. The second kappa shape index (κ2) is 16.9. The number of pyridine rings is 5. The molecule has 0 unspecified atom stereocenters. The smallest absolute Gasteiger partial charge is 0.328 e. The Morgan fingerprint density at radius 1 is 0.512 bits per heavy atom. The number of hydrogen-bond donors (Lipinski definition) is 1. The van der Waals surface area contributed by atoms with Gasteiger partial charge in [-0.25, -0.2) is 0 Å². The Morgan fingerprint density at radius 2 is 0.930 bits per heavy atom. The van der Waals surface area contributed by atoms with Gasteiger partial charge in [0.2, 0.25) is 0 Å². The first-order valence-electron chi connectivity index (χ1n) is 13.7. The SMILES string of the molecule is Cc1ccnc(-c2cc(C)ccn2)c1.Cc1ccnc(-c2cc(C)ccn2)c1.NCc1cc[c-]c(-c2ccccn2)c1.[Os+]. The zero-order valence-electron chi connectivity index (χ0n) is 24.8. The van der Waals surface area contributed by atoms with Gasteiger partial charge >= 0.3 is 19.8 Å². The molecule has 1 aromatic carbocycles. The predicted octanol–water partition coefficient (Wildman–Crippen LogP) is 7.53. The Morgan fingerprint density at radius 3 is 1.28 bits per heavy atom. The Kier molecular flexibility index (Phi) is 13.0. The zero-order valence-corrected chi connectivity index (χ0v) is 27.4. The van der Waals surface area contributed by atoms with E-state index in [1.807, 2.05) is 110 Å². The topological polar surface area (TPSA) is 90.5 Å². The van der Waals surface area contributed by atoms with Crippen LogP contribution in [0.4, 0.5) is 0 Å². The Labute approximate surface area is 267 Å². The zero-order chi connectivity index (χ0) is 29.7. The minimum absolute atomic E-state index is 0. The molecule has 2 N–H and O–H groups in total. The Hall–Kier alpha value is -4.43. The molecule has 5 heterocycles. The Bertz CT molecular complexity index is 1550. The molecule has 6 rings (SSSR count). The fourth-order valence-electron chi connectivity index (χ4n) is 4.02. The first-order valence-corrected chi connectivity index (χ1v) is 13.7. The summed E-state index contributed by atoms with van der Waals surface area (Å²) in [4.78, 5) is 21.4. The summed E-state index contributed by atoms with van der Waals surface area (Å²) < 4.78 is 0. The molecule has 0 aliphatic rings. The third kappa shape index (κ3) is 10.4. The van der Waals surface area contributed by atoms with Crippen molar-refractivity contribution in [1.29, 1.82) is 0 Å². The summed E-state index contributed by atoms with van der Waals surface area (Å²) >= 11 is 0. The first kappa shape index (κ1) is 33.1. The summed E-state index contributed by atoms with van der Waals surface area (Å²) in [5, 5.41) is 0. The number of rotatable bonds is 4. The summed E-state index contributed by atoms with van der Waals surface area (Å²) in [5.74, 6) is 0. The van der Waals surface area contributed by atoms with Gasteiger partial charge in [0.1, 0.15) is 0 Å². The molecule has 0 spiro atoms. The minimum Gasteiger partial charge on any atom is -0.328 e. The maximum atomic E-state index is 5.56. The molecule has 0 fully saturated rings. The van der Waals surface area contributed by atoms with Crippen molar-refractivity contribution in [3.63, 3.8) is 0 Å². The number of nitrogens with zero attached hydrogens (tertiary/aromatic N) is 5.